The molecule has 3 aromatic rings. The number of anilines is 3. The summed E-state index contributed by atoms with van der Waals surface area (Å²) in [7, 11) is 3.16. The zero-order chi connectivity index (χ0) is 30.4. The molecule has 2 aromatic carbocycles. The first-order chi connectivity index (χ1) is 20.1. The molecule has 0 aliphatic carbocycles. The van der Waals surface area contributed by atoms with Gasteiger partial charge < -0.3 is 19.9 Å². The van der Waals surface area contributed by atoms with Crippen molar-refractivity contribution in [1.29, 1.82) is 0 Å². The van der Waals surface area contributed by atoms with E-state index in [0.29, 0.717) is 45.0 Å². The van der Waals surface area contributed by atoms with Crippen molar-refractivity contribution in [1.82, 2.24) is 14.9 Å². The van der Waals surface area contributed by atoms with E-state index in [1.165, 1.54) is 24.4 Å². The predicted molar refractivity (Wildman–Crippen MR) is 169 cm³/mol. The quantitative estimate of drug-likeness (QED) is 0.317. The van der Waals surface area contributed by atoms with Gasteiger partial charge in [-0.05, 0) is 48.9 Å². The summed E-state index contributed by atoms with van der Waals surface area (Å²) in [5, 5.41) is 3.68. The van der Waals surface area contributed by atoms with Crippen molar-refractivity contribution in [3.05, 3.63) is 81.7 Å². The summed E-state index contributed by atoms with van der Waals surface area (Å²) >= 11 is 13.0. The monoisotopic (exact) mass is 610 g/mol. The van der Waals surface area contributed by atoms with E-state index in [1.54, 1.807) is 19.2 Å². The van der Waals surface area contributed by atoms with E-state index in [2.05, 4.69) is 44.7 Å². The van der Waals surface area contributed by atoms with Crippen LogP contribution in [-0.2, 0) is 22.4 Å². The Morgan fingerprint density at radius 3 is 2.52 bits per heavy atom. The average molecular weight is 612 g/mol. The van der Waals surface area contributed by atoms with Gasteiger partial charge in [0.25, 0.3) is 0 Å². The third kappa shape index (κ3) is 7.21. The number of benzene rings is 2. The third-order valence-electron chi connectivity index (χ3n) is 7.51. The number of likely N-dealkylation sites (N-methyl/N-ethyl adjacent to an activating group) is 2. The van der Waals surface area contributed by atoms with Crippen LogP contribution < -0.4 is 19.9 Å². The van der Waals surface area contributed by atoms with Crippen LogP contribution in [-0.4, -0.2) is 73.6 Å². The summed E-state index contributed by atoms with van der Waals surface area (Å²) in [6.07, 6.45) is 3.06. The molecule has 2 heterocycles. The lowest BCUT2D eigenvalue weighted by Gasteiger charge is -2.35. The number of methoxy groups -OCH3 is 1. The highest BCUT2D eigenvalue weighted by Gasteiger charge is 2.22. The number of carbonyl (C=O) groups excluding carboxylic acids is 2. The zero-order valence-corrected chi connectivity index (χ0v) is 25.9. The fraction of sp³-hybridized carbons (Fsp3) is 0.355. The number of halogens is 2. The van der Waals surface area contributed by atoms with Gasteiger partial charge in [0.2, 0.25) is 11.8 Å². The van der Waals surface area contributed by atoms with Crippen LogP contribution in [0.25, 0.3) is 0 Å². The van der Waals surface area contributed by atoms with Gasteiger partial charge in [0, 0.05) is 67.7 Å². The van der Waals surface area contributed by atoms with Gasteiger partial charge in [-0.15, -0.1) is 0 Å². The lowest BCUT2D eigenvalue weighted by atomic mass is 10.0. The maximum Gasteiger partial charge on any atom is 0.247 e. The van der Waals surface area contributed by atoms with Crippen molar-refractivity contribution in [3.8, 4) is 5.75 Å². The van der Waals surface area contributed by atoms with E-state index in [1.807, 2.05) is 19.1 Å². The number of aromatic nitrogens is 2. The first-order valence-corrected chi connectivity index (χ1v) is 14.5. The van der Waals surface area contributed by atoms with Crippen molar-refractivity contribution in [2.45, 2.75) is 26.7 Å². The minimum absolute atomic E-state index is 0.0305. The van der Waals surface area contributed by atoms with Crippen LogP contribution in [0, 0.1) is 6.92 Å². The van der Waals surface area contributed by atoms with Gasteiger partial charge in [0.15, 0.2) is 0 Å². The molecule has 2 amide bonds. The van der Waals surface area contributed by atoms with Crippen LogP contribution in [0.2, 0.25) is 10.0 Å². The number of hydrogen-bond donors (Lipinski definition) is 1. The van der Waals surface area contributed by atoms with E-state index in [9.17, 15) is 9.59 Å². The smallest absolute Gasteiger partial charge is 0.247 e. The lowest BCUT2D eigenvalue weighted by Crippen LogP contribution is -2.46. The van der Waals surface area contributed by atoms with Crippen molar-refractivity contribution in [3.63, 3.8) is 0 Å². The van der Waals surface area contributed by atoms with Gasteiger partial charge in [-0.2, -0.15) is 0 Å². The third-order valence-corrected chi connectivity index (χ3v) is 8.45. The lowest BCUT2D eigenvalue weighted by molar-refractivity contribution is -0.117. The summed E-state index contributed by atoms with van der Waals surface area (Å²) < 4.78 is 5.34. The number of aryl methyl sites for hydroxylation is 1. The molecule has 0 radical (unpaired) electrons. The number of nitrogens with zero attached hydrogens (tertiary/aromatic N) is 5. The minimum atomic E-state index is -0.289. The zero-order valence-electron chi connectivity index (χ0n) is 24.4. The van der Waals surface area contributed by atoms with E-state index in [4.69, 9.17) is 27.9 Å². The highest BCUT2D eigenvalue weighted by Crippen LogP contribution is 2.36. The van der Waals surface area contributed by atoms with Crippen LogP contribution >= 0.6 is 23.2 Å². The second kappa shape index (κ2) is 14.0. The summed E-state index contributed by atoms with van der Waals surface area (Å²) in [4.78, 5) is 40.5. The van der Waals surface area contributed by atoms with Crippen LogP contribution in [0.1, 0.15) is 29.3 Å². The number of nitrogens with one attached hydrogen (secondary N) is 1. The molecule has 9 nitrogen and oxygen atoms in total. The molecule has 1 aliphatic rings. The summed E-state index contributed by atoms with van der Waals surface area (Å²) in [5.74, 6) is 0.353. The molecule has 1 aromatic heterocycles. The molecule has 1 fully saturated rings. The molecule has 11 heteroatoms. The molecule has 1 N–H and O–H groups in total. The largest absolute Gasteiger partial charge is 0.495 e. The second-order valence-electron chi connectivity index (χ2n) is 10.1. The fourth-order valence-corrected chi connectivity index (χ4v) is 5.46. The van der Waals surface area contributed by atoms with Crippen molar-refractivity contribution in [2.75, 3.05) is 62.0 Å². The van der Waals surface area contributed by atoms with Gasteiger partial charge in [-0.3, -0.25) is 14.5 Å². The first-order valence-electron chi connectivity index (χ1n) is 13.8. The number of piperazine rings is 1. The maximum atomic E-state index is 13.3. The predicted octanol–water partition coefficient (Wildman–Crippen LogP) is 5.16. The topological polar surface area (TPSA) is 90.9 Å². The normalized spacial score (nSPS) is 13.5. The van der Waals surface area contributed by atoms with E-state index in [-0.39, 0.29) is 18.2 Å². The van der Waals surface area contributed by atoms with E-state index >= 15 is 0 Å². The van der Waals surface area contributed by atoms with Crippen molar-refractivity contribution in [2.24, 2.45) is 0 Å². The molecular formula is C31H36Cl2N6O3. The van der Waals surface area contributed by atoms with Gasteiger partial charge in [-0.25, -0.2) is 9.97 Å². The van der Waals surface area contributed by atoms with Gasteiger partial charge in [-0.1, -0.05) is 42.8 Å². The highest BCUT2D eigenvalue weighted by molar-refractivity contribution is 6.37. The average Bonchev–Trinajstić information content (AvgIpc) is 3.01. The second-order valence-corrected chi connectivity index (χ2v) is 10.9. The van der Waals surface area contributed by atoms with E-state index in [0.717, 1.165) is 49.5 Å². The Bertz CT molecular complexity index is 1470. The number of ether oxygens (including phenoxy) is 1. The molecule has 4 rings (SSSR count). The standard InChI is InChI=1S/C31H36Cl2N6O3/c1-6-28(40)36-25-17-23(39-12-10-38(7-2)11-13-39)9-8-21(25)15-22-16-27(35-19-34-22)37(4)29(41)18-24-30(32)20(3)14-26(42-5)31(24)33/h6,8-9,14,16-17,19H,1,7,10-13,15,18H2,2-5H3,(H,36,40). The van der Waals surface area contributed by atoms with E-state index < -0.39 is 0 Å². The highest BCUT2D eigenvalue weighted by atomic mass is 35.5. The number of hydrogen-bond acceptors (Lipinski definition) is 7. The number of rotatable bonds is 10. The summed E-state index contributed by atoms with van der Waals surface area (Å²) in [6.45, 7) is 12.5. The minimum Gasteiger partial charge on any atom is -0.495 e. The molecule has 1 saturated heterocycles. The molecule has 222 valence electrons. The van der Waals surface area contributed by atoms with Crippen molar-refractivity contribution < 1.29 is 14.3 Å². The van der Waals surface area contributed by atoms with Gasteiger partial charge >= 0.3 is 0 Å². The van der Waals surface area contributed by atoms with Gasteiger partial charge in [0.1, 0.15) is 17.9 Å². The molecule has 0 bridgehead atoms. The van der Waals surface area contributed by atoms with Gasteiger partial charge in [0.05, 0.1) is 24.2 Å². The first kappa shape index (κ1) is 31.3. The molecular weight excluding hydrogens is 575 g/mol. The number of amides is 2. The molecule has 0 saturated carbocycles. The SMILES string of the molecule is C=CC(=O)Nc1cc(N2CCN(CC)CC2)ccc1Cc1cc(N(C)C(=O)Cc2c(Cl)c(C)cc(OC)c2Cl)ncn1. The molecule has 0 atom stereocenters. The maximum absolute atomic E-state index is 13.3. The van der Waals surface area contributed by atoms with Crippen LogP contribution in [0.4, 0.5) is 17.2 Å². The Morgan fingerprint density at radius 1 is 1.12 bits per heavy atom. The molecule has 1 aliphatic heterocycles. The summed E-state index contributed by atoms with van der Waals surface area (Å²) in [6, 6.07) is 9.58. The Kier molecular flexibility index (Phi) is 10.4. The molecule has 0 unspecified atom stereocenters. The fourth-order valence-electron chi connectivity index (χ4n) is 4.91. The Hall–Kier alpha value is -3.66. The van der Waals surface area contributed by atoms with Crippen LogP contribution in [0.5, 0.6) is 5.75 Å². The van der Waals surface area contributed by atoms with Crippen LogP contribution in [0.15, 0.2) is 49.3 Å². The molecule has 0 spiro atoms. The van der Waals surface area contributed by atoms with Crippen molar-refractivity contribution >= 4 is 52.2 Å². The Labute approximate surface area is 257 Å². The Balaban J connectivity index is 1.54. The Morgan fingerprint density at radius 2 is 1.86 bits per heavy atom. The summed E-state index contributed by atoms with van der Waals surface area (Å²) in [5.41, 5.74) is 4.57. The van der Waals surface area contributed by atoms with Crippen LogP contribution in [0.3, 0.4) is 0 Å². The number of carbonyl (C=O) groups is 2. The molecule has 42 heavy (non-hydrogen) atoms.